The Kier molecular flexibility index (Phi) is 3.96. The van der Waals surface area contributed by atoms with Crippen molar-refractivity contribution in [2.45, 2.75) is 51.7 Å². The third-order valence-corrected chi connectivity index (χ3v) is 4.12. The molecule has 1 atom stereocenters. The molecule has 1 aliphatic rings. The summed E-state index contributed by atoms with van der Waals surface area (Å²) in [6.45, 7) is 5.62. The van der Waals surface area contributed by atoms with Crippen LogP contribution in [-0.4, -0.2) is 29.8 Å². The summed E-state index contributed by atoms with van der Waals surface area (Å²) >= 11 is 0. The molecule has 1 aromatic carbocycles. The number of hydrogen-bond donors (Lipinski definition) is 2. The zero-order chi connectivity index (χ0) is 16.6. The number of nitrogens with one attached hydrogen (secondary N) is 2. The van der Waals surface area contributed by atoms with Crippen molar-refractivity contribution in [2.75, 3.05) is 7.11 Å². The van der Waals surface area contributed by atoms with E-state index in [1.54, 1.807) is 7.11 Å². The number of ether oxygens (including phenoxy) is 2. The zero-order valence-corrected chi connectivity index (χ0v) is 14.2. The minimum atomic E-state index is -0.471. The molecule has 1 aromatic heterocycles. The molecule has 0 bridgehead atoms. The van der Waals surface area contributed by atoms with Crippen molar-refractivity contribution in [3.05, 3.63) is 29.5 Å². The van der Waals surface area contributed by atoms with Gasteiger partial charge in [-0.15, -0.1) is 0 Å². The molecule has 23 heavy (non-hydrogen) atoms. The molecule has 0 radical (unpaired) electrons. The summed E-state index contributed by atoms with van der Waals surface area (Å²) < 4.78 is 10.6. The molecule has 2 N–H and O–H groups in total. The Morgan fingerprint density at radius 3 is 2.83 bits per heavy atom. The Hall–Kier alpha value is -2.17. The smallest absolute Gasteiger partial charge is 0.407 e. The molecule has 1 aliphatic carbocycles. The number of alkyl carbamates (subject to hydrolysis) is 1. The van der Waals surface area contributed by atoms with Crippen LogP contribution < -0.4 is 10.1 Å². The number of benzene rings is 1. The maximum atomic E-state index is 12.0. The van der Waals surface area contributed by atoms with Gasteiger partial charge in [-0.1, -0.05) is 0 Å². The van der Waals surface area contributed by atoms with E-state index >= 15 is 0 Å². The summed E-state index contributed by atoms with van der Waals surface area (Å²) in [6, 6.07) is 6.18. The highest BCUT2D eigenvalue weighted by Gasteiger charge is 2.25. The summed E-state index contributed by atoms with van der Waals surface area (Å²) in [4.78, 5) is 15.4. The van der Waals surface area contributed by atoms with Crippen LogP contribution in [-0.2, 0) is 17.6 Å². The van der Waals surface area contributed by atoms with Crippen LogP contribution in [0.4, 0.5) is 4.79 Å². The lowest BCUT2D eigenvalue weighted by atomic mass is 9.91. The topological polar surface area (TPSA) is 63.3 Å². The zero-order valence-electron chi connectivity index (χ0n) is 14.2. The number of hydrogen-bond acceptors (Lipinski definition) is 3. The van der Waals surface area contributed by atoms with Gasteiger partial charge >= 0.3 is 6.09 Å². The van der Waals surface area contributed by atoms with E-state index in [4.69, 9.17) is 9.47 Å². The van der Waals surface area contributed by atoms with Crippen LogP contribution in [0.15, 0.2) is 18.2 Å². The largest absolute Gasteiger partial charge is 0.497 e. The Balaban J connectivity index is 1.76. The SMILES string of the molecule is COc1ccc2c3c([nH]c2c1)CCC(NC(=O)OC(C)(C)C)C3. The molecule has 124 valence electrons. The van der Waals surface area contributed by atoms with Crippen molar-refractivity contribution in [3.63, 3.8) is 0 Å². The van der Waals surface area contributed by atoms with Gasteiger partial charge < -0.3 is 19.8 Å². The molecule has 0 spiro atoms. The number of aromatic amines is 1. The lowest BCUT2D eigenvalue weighted by Crippen LogP contribution is -2.41. The first-order chi connectivity index (χ1) is 10.9. The molecule has 3 rings (SSSR count). The van der Waals surface area contributed by atoms with Crippen LogP contribution in [0.25, 0.3) is 10.9 Å². The monoisotopic (exact) mass is 316 g/mol. The van der Waals surface area contributed by atoms with Crippen molar-refractivity contribution in [1.82, 2.24) is 10.3 Å². The highest BCUT2D eigenvalue weighted by molar-refractivity contribution is 5.86. The van der Waals surface area contributed by atoms with Gasteiger partial charge in [0.15, 0.2) is 0 Å². The van der Waals surface area contributed by atoms with E-state index in [0.717, 1.165) is 30.5 Å². The van der Waals surface area contributed by atoms with Gasteiger partial charge in [-0.05, 0) is 57.7 Å². The number of carbonyl (C=O) groups is 1. The first-order valence-corrected chi connectivity index (χ1v) is 8.03. The van der Waals surface area contributed by atoms with Crippen LogP contribution >= 0.6 is 0 Å². The first kappa shape index (κ1) is 15.7. The van der Waals surface area contributed by atoms with Crippen molar-refractivity contribution < 1.29 is 14.3 Å². The van der Waals surface area contributed by atoms with Gasteiger partial charge in [0.2, 0.25) is 0 Å². The summed E-state index contributed by atoms with van der Waals surface area (Å²) in [5.41, 5.74) is 3.17. The molecule has 0 aliphatic heterocycles. The Labute approximate surface area is 136 Å². The third-order valence-electron chi connectivity index (χ3n) is 4.12. The lowest BCUT2D eigenvalue weighted by Gasteiger charge is -2.26. The Morgan fingerprint density at radius 2 is 2.13 bits per heavy atom. The second-order valence-corrected chi connectivity index (χ2v) is 7.08. The van der Waals surface area contributed by atoms with E-state index in [-0.39, 0.29) is 12.1 Å². The Bertz CT molecular complexity index is 728. The predicted octanol–water partition coefficient (Wildman–Crippen LogP) is 3.56. The van der Waals surface area contributed by atoms with Gasteiger partial charge in [-0.2, -0.15) is 0 Å². The minimum Gasteiger partial charge on any atom is -0.497 e. The summed E-state index contributed by atoms with van der Waals surface area (Å²) in [7, 11) is 1.67. The average Bonchev–Trinajstić information content (AvgIpc) is 2.82. The fraction of sp³-hybridized carbons (Fsp3) is 0.500. The molecule has 2 aromatic rings. The van der Waals surface area contributed by atoms with E-state index in [1.165, 1.54) is 16.6 Å². The lowest BCUT2D eigenvalue weighted by molar-refractivity contribution is 0.0500. The number of amides is 1. The summed E-state index contributed by atoms with van der Waals surface area (Å²) in [6.07, 6.45) is 2.32. The summed E-state index contributed by atoms with van der Waals surface area (Å²) in [5.74, 6) is 0.847. The predicted molar refractivity (Wildman–Crippen MR) is 90.0 cm³/mol. The average molecular weight is 316 g/mol. The van der Waals surface area contributed by atoms with Gasteiger partial charge in [-0.3, -0.25) is 0 Å². The molecule has 5 nitrogen and oxygen atoms in total. The minimum absolute atomic E-state index is 0.110. The van der Waals surface area contributed by atoms with Crippen LogP contribution in [0.3, 0.4) is 0 Å². The second kappa shape index (κ2) is 5.80. The van der Waals surface area contributed by atoms with Crippen molar-refractivity contribution in [2.24, 2.45) is 0 Å². The van der Waals surface area contributed by atoms with Gasteiger partial charge in [0.05, 0.1) is 7.11 Å². The number of fused-ring (bicyclic) bond motifs is 3. The van der Waals surface area contributed by atoms with Gasteiger partial charge in [0.25, 0.3) is 0 Å². The van der Waals surface area contributed by atoms with Crippen LogP contribution in [0.2, 0.25) is 0 Å². The third kappa shape index (κ3) is 3.44. The number of carbonyl (C=O) groups excluding carboxylic acids is 1. The second-order valence-electron chi connectivity index (χ2n) is 7.08. The molecular weight excluding hydrogens is 292 g/mol. The number of aryl methyl sites for hydroxylation is 1. The maximum Gasteiger partial charge on any atom is 0.407 e. The molecule has 1 amide bonds. The van der Waals surface area contributed by atoms with E-state index in [9.17, 15) is 4.79 Å². The quantitative estimate of drug-likeness (QED) is 0.890. The molecule has 0 saturated heterocycles. The van der Waals surface area contributed by atoms with Crippen LogP contribution in [0.1, 0.15) is 38.4 Å². The van der Waals surface area contributed by atoms with Gasteiger partial charge in [0.1, 0.15) is 11.4 Å². The molecule has 5 heteroatoms. The first-order valence-electron chi connectivity index (χ1n) is 8.03. The fourth-order valence-electron chi connectivity index (χ4n) is 3.13. The van der Waals surface area contributed by atoms with E-state index in [0.29, 0.717) is 0 Å². The Morgan fingerprint density at radius 1 is 1.35 bits per heavy atom. The van der Waals surface area contributed by atoms with Gasteiger partial charge in [-0.25, -0.2) is 4.79 Å². The number of H-pyrrole nitrogens is 1. The van der Waals surface area contributed by atoms with E-state index < -0.39 is 5.60 Å². The highest BCUT2D eigenvalue weighted by atomic mass is 16.6. The summed E-state index contributed by atoms with van der Waals surface area (Å²) in [5, 5.41) is 4.20. The number of aromatic nitrogens is 1. The molecular formula is C18H24N2O3. The normalized spacial score (nSPS) is 17.7. The van der Waals surface area contributed by atoms with Gasteiger partial charge in [0, 0.05) is 28.7 Å². The van der Waals surface area contributed by atoms with Crippen LogP contribution in [0, 0.1) is 0 Å². The van der Waals surface area contributed by atoms with Crippen molar-refractivity contribution in [3.8, 4) is 5.75 Å². The molecule has 0 saturated carbocycles. The fourth-order valence-corrected chi connectivity index (χ4v) is 3.13. The van der Waals surface area contributed by atoms with Crippen molar-refractivity contribution in [1.29, 1.82) is 0 Å². The standard InChI is InChI=1S/C18H24N2O3/c1-18(2,3)23-17(21)19-11-5-8-15-14(9-11)13-7-6-12(22-4)10-16(13)20-15/h6-7,10-11,20H,5,8-9H2,1-4H3,(H,19,21). The highest BCUT2D eigenvalue weighted by Crippen LogP contribution is 2.31. The van der Waals surface area contributed by atoms with E-state index in [2.05, 4.69) is 16.4 Å². The molecule has 0 fully saturated rings. The molecule has 1 unspecified atom stereocenters. The molecule has 1 heterocycles. The number of rotatable bonds is 2. The van der Waals surface area contributed by atoms with Crippen molar-refractivity contribution >= 4 is 17.0 Å². The maximum absolute atomic E-state index is 12.0. The van der Waals surface area contributed by atoms with E-state index in [1.807, 2.05) is 32.9 Å². The van der Waals surface area contributed by atoms with Crippen LogP contribution in [0.5, 0.6) is 5.75 Å². The number of methoxy groups -OCH3 is 1.